The maximum absolute atomic E-state index is 12.4. The second-order valence-corrected chi connectivity index (χ2v) is 3.37. The number of rotatable bonds is 4. The molecular weight excluding hydrogens is 206 g/mol. The Balaban J connectivity index is 2.84. The van der Waals surface area contributed by atoms with Crippen LogP contribution in [0, 0.1) is 0 Å². The van der Waals surface area contributed by atoms with Crippen molar-refractivity contribution in [1.82, 2.24) is 4.98 Å². The zero-order chi connectivity index (χ0) is 11.5. The molecule has 15 heavy (non-hydrogen) atoms. The summed E-state index contributed by atoms with van der Waals surface area (Å²) in [7, 11) is 0. The van der Waals surface area contributed by atoms with Gasteiger partial charge in [-0.1, -0.05) is 12.4 Å². The lowest BCUT2D eigenvalue weighted by molar-refractivity contribution is 0.216. The van der Waals surface area contributed by atoms with Crippen LogP contribution in [0.1, 0.15) is 20.3 Å². The minimum atomic E-state index is -5.00. The van der Waals surface area contributed by atoms with Gasteiger partial charge in [-0.3, -0.25) is 4.98 Å². The molecule has 1 unspecified atom stereocenters. The highest BCUT2D eigenvalue weighted by atomic mass is 19.4. The minimum Gasteiger partial charge on any atom is -0.489 e. The van der Waals surface area contributed by atoms with Crippen LogP contribution in [0.25, 0.3) is 0 Å². The van der Waals surface area contributed by atoms with Crippen LogP contribution >= 0.6 is 0 Å². The first-order chi connectivity index (χ1) is 6.93. The van der Waals surface area contributed by atoms with Gasteiger partial charge in [0.05, 0.1) is 12.3 Å². The predicted octanol–water partition coefficient (Wildman–Crippen LogP) is 2.31. The van der Waals surface area contributed by atoms with Crippen molar-refractivity contribution in [3.05, 3.63) is 18.5 Å². The van der Waals surface area contributed by atoms with Crippen molar-refractivity contribution in [2.45, 2.75) is 26.4 Å². The Labute approximate surface area is 86.5 Å². The molecule has 1 atom stereocenters. The fourth-order valence-corrected chi connectivity index (χ4v) is 0.995. The molecule has 0 aliphatic carbocycles. The third kappa shape index (κ3) is 3.45. The van der Waals surface area contributed by atoms with Crippen LogP contribution in [0.5, 0.6) is 5.75 Å². The molecule has 0 aromatic carbocycles. The Kier molecular flexibility index (Phi) is 3.60. The second-order valence-electron chi connectivity index (χ2n) is 3.37. The number of hydrogen-bond acceptors (Lipinski definition) is 2. The number of halogens is 3. The molecule has 0 saturated carbocycles. The van der Waals surface area contributed by atoms with E-state index in [1.165, 1.54) is 6.20 Å². The molecule has 0 saturated heterocycles. The summed E-state index contributed by atoms with van der Waals surface area (Å²) in [4.78, 5) is 3.51. The quantitative estimate of drug-likeness (QED) is 0.723. The van der Waals surface area contributed by atoms with Gasteiger partial charge in [-0.15, -0.1) is 0 Å². The van der Waals surface area contributed by atoms with Gasteiger partial charge in [0.1, 0.15) is 5.75 Å². The maximum atomic E-state index is 12.4. The van der Waals surface area contributed by atoms with Gasteiger partial charge in [-0.25, -0.2) is 0 Å². The highest BCUT2D eigenvalue weighted by molar-refractivity contribution is 6.73. The van der Waals surface area contributed by atoms with Crippen molar-refractivity contribution in [3.8, 4) is 5.75 Å². The molecule has 0 spiro atoms. The van der Waals surface area contributed by atoms with E-state index in [4.69, 9.17) is 4.74 Å². The Morgan fingerprint density at radius 3 is 2.60 bits per heavy atom. The van der Waals surface area contributed by atoms with E-state index in [0.717, 1.165) is 18.7 Å². The third-order valence-corrected chi connectivity index (χ3v) is 2.02. The number of hydrogen-bond donors (Lipinski definition) is 0. The fraction of sp³-hybridized carbons (Fsp3) is 0.444. The van der Waals surface area contributed by atoms with Crippen LogP contribution in [-0.4, -0.2) is 18.1 Å². The van der Waals surface area contributed by atoms with E-state index in [1.807, 2.05) is 6.92 Å². The van der Waals surface area contributed by atoms with Crippen molar-refractivity contribution in [3.63, 3.8) is 0 Å². The number of ether oxygens (including phenoxy) is 1. The third-order valence-electron chi connectivity index (χ3n) is 2.02. The molecule has 1 aromatic rings. The molecule has 1 heterocycles. The van der Waals surface area contributed by atoms with Gasteiger partial charge < -0.3 is 17.7 Å². The Bertz CT molecular complexity index is 329. The summed E-state index contributed by atoms with van der Waals surface area (Å²) in [5, 5.41) is 0. The normalized spacial score (nSPS) is 13.7. The zero-order valence-corrected chi connectivity index (χ0v) is 8.58. The van der Waals surface area contributed by atoms with Gasteiger partial charge in [0.2, 0.25) is 0 Å². The van der Waals surface area contributed by atoms with Gasteiger partial charge >= 0.3 is 6.98 Å². The van der Waals surface area contributed by atoms with E-state index in [-0.39, 0.29) is 11.9 Å². The van der Waals surface area contributed by atoms with Gasteiger partial charge in [0.25, 0.3) is 0 Å². The molecule has 0 aliphatic rings. The van der Waals surface area contributed by atoms with E-state index in [2.05, 4.69) is 4.98 Å². The summed E-state index contributed by atoms with van der Waals surface area (Å²) in [6, 6.07) is 0.985. The van der Waals surface area contributed by atoms with Crippen LogP contribution in [0.15, 0.2) is 18.5 Å². The summed E-state index contributed by atoms with van der Waals surface area (Å²) in [5.74, 6) is 0.168. The van der Waals surface area contributed by atoms with E-state index in [0.29, 0.717) is 0 Å². The first-order valence-corrected chi connectivity index (χ1v) is 4.75. The SMILES string of the molecule is CCC(C)Oc1cncc([B-](F)(F)F)c1. The number of nitrogens with zero attached hydrogens (tertiary/aromatic N) is 1. The molecule has 0 radical (unpaired) electrons. The molecule has 84 valence electrons. The van der Waals surface area contributed by atoms with Crippen molar-refractivity contribution >= 4 is 12.4 Å². The monoisotopic (exact) mass is 218 g/mol. The number of aromatic nitrogens is 1. The summed E-state index contributed by atoms with van der Waals surface area (Å²) < 4.78 is 42.3. The maximum Gasteiger partial charge on any atom is 0.511 e. The number of pyridine rings is 1. The molecule has 0 bridgehead atoms. The molecule has 0 fully saturated rings. The molecule has 0 aliphatic heterocycles. The molecule has 6 heteroatoms. The highest BCUT2D eigenvalue weighted by Crippen LogP contribution is 2.14. The summed E-state index contributed by atoms with van der Waals surface area (Å²) in [6.07, 6.45) is 2.73. The smallest absolute Gasteiger partial charge is 0.489 e. The van der Waals surface area contributed by atoms with Crippen LogP contribution in [0.4, 0.5) is 12.9 Å². The zero-order valence-electron chi connectivity index (χ0n) is 8.58. The van der Waals surface area contributed by atoms with Crippen LogP contribution < -0.4 is 10.2 Å². The van der Waals surface area contributed by atoms with Crippen molar-refractivity contribution in [2.24, 2.45) is 0 Å². The predicted molar refractivity (Wildman–Crippen MR) is 53.3 cm³/mol. The molecule has 0 N–H and O–H groups in total. The fourth-order valence-electron chi connectivity index (χ4n) is 0.995. The lowest BCUT2D eigenvalue weighted by atomic mass is 9.81. The summed E-state index contributed by atoms with van der Waals surface area (Å²) >= 11 is 0. The largest absolute Gasteiger partial charge is 0.511 e. The van der Waals surface area contributed by atoms with Crippen LogP contribution in [-0.2, 0) is 0 Å². The Hall–Kier alpha value is -1.20. The standard InChI is InChI=1S/C9H12BF3NO/c1-3-7(2)15-9-4-8(5-14-6-9)10(11,12)13/h4-7H,3H2,1-2H3/q-1. The lowest BCUT2D eigenvalue weighted by Crippen LogP contribution is -2.34. The van der Waals surface area contributed by atoms with E-state index in [9.17, 15) is 12.9 Å². The minimum absolute atomic E-state index is 0.109. The first kappa shape index (κ1) is 11.9. The Morgan fingerprint density at radius 1 is 1.40 bits per heavy atom. The Morgan fingerprint density at radius 2 is 2.07 bits per heavy atom. The van der Waals surface area contributed by atoms with Crippen LogP contribution in [0.2, 0.25) is 0 Å². The van der Waals surface area contributed by atoms with Crippen molar-refractivity contribution in [2.75, 3.05) is 0 Å². The van der Waals surface area contributed by atoms with Crippen molar-refractivity contribution in [1.29, 1.82) is 0 Å². The van der Waals surface area contributed by atoms with Gasteiger partial charge in [-0.05, 0) is 19.4 Å². The highest BCUT2D eigenvalue weighted by Gasteiger charge is 2.26. The molecule has 0 amide bonds. The molecule has 2 nitrogen and oxygen atoms in total. The van der Waals surface area contributed by atoms with Crippen molar-refractivity contribution < 1.29 is 17.7 Å². The topological polar surface area (TPSA) is 22.1 Å². The van der Waals surface area contributed by atoms with Gasteiger partial charge in [0, 0.05) is 6.20 Å². The van der Waals surface area contributed by atoms with E-state index in [1.54, 1.807) is 6.92 Å². The summed E-state index contributed by atoms with van der Waals surface area (Å²) in [5.41, 5.74) is -0.726. The second kappa shape index (κ2) is 4.55. The van der Waals surface area contributed by atoms with E-state index < -0.39 is 12.4 Å². The molecule has 1 aromatic heterocycles. The van der Waals surface area contributed by atoms with Crippen LogP contribution in [0.3, 0.4) is 0 Å². The van der Waals surface area contributed by atoms with E-state index >= 15 is 0 Å². The molecular formula is C9H12BF3NO-. The summed E-state index contributed by atoms with van der Waals surface area (Å²) in [6.45, 7) is -1.31. The van der Waals surface area contributed by atoms with Gasteiger partial charge in [0.15, 0.2) is 0 Å². The average molecular weight is 218 g/mol. The van der Waals surface area contributed by atoms with Gasteiger partial charge in [-0.2, -0.15) is 0 Å². The lowest BCUT2D eigenvalue weighted by Gasteiger charge is -2.17. The molecule has 1 rings (SSSR count). The average Bonchev–Trinajstić information content (AvgIpc) is 2.17. The first-order valence-electron chi connectivity index (χ1n) is 4.75.